The van der Waals surface area contributed by atoms with Crippen molar-refractivity contribution >= 4 is 11.6 Å². The summed E-state index contributed by atoms with van der Waals surface area (Å²) >= 11 is 6.00. The molecule has 0 atom stereocenters. The van der Waals surface area contributed by atoms with Crippen molar-refractivity contribution in [2.75, 3.05) is 6.54 Å². The summed E-state index contributed by atoms with van der Waals surface area (Å²) in [7, 11) is 0. The molecule has 6 heteroatoms. The van der Waals surface area contributed by atoms with E-state index >= 15 is 0 Å². The van der Waals surface area contributed by atoms with Crippen molar-refractivity contribution in [2.45, 2.75) is 38.0 Å². The van der Waals surface area contributed by atoms with E-state index in [-0.39, 0.29) is 24.5 Å². The molecule has 0 saturated heterocycles. The molecule has 1 aliphatic rings. The van der Waals surface area contributed by atoms with Gasteiger partial charge >= 0.3 is 0 Å². The minimum absolute atomic E-state index is 0.147. The Morgan fingerprint density at radius 3 is 2.35 bits per heavy atom. The fourth-order valence-corrected chi connectivity index (χ4v) is 2.94. The number of aromatic nitrogens is 2. The third-order valence-corrected chi connectivity index (χ3v) is 3.79. The first-order chi connectivity index (χ1) is 7.81. The van der Waals surface area contributed by atoms with Crippen molar-refractivity contribution in [2.24, 2.45) is 5.73 Å². The molecular weight excluding hydrogens is 248 g/mol. The van der Waals surface area contributed by atoms with E-state index in [1.807, 2.05) is 6.92 Å². The first-order valence-electron chi connectivity index (χ1n) is 5.39. The summed E-state index contributed by atoms with van der Waals surface area (Å²) in [5, 5.41) is 7.86. The van der Waals surface area contributed by atoms with E-state index in [1.54, 1.807) is 6.92 Å². The minimum atomic E-state index is -2.65. The molecule has 1 aromatic rings. The standard InChI is InChI=1S/C11H14ClF2N3/c1-6-7(2)16-17-9(12)8(6)10(5-15)3-11(13,14)4-10/h3-5,15H2,1-2H3. The van der Waals surface area contributed by atoms with Crippen LogP contribution in [0.5, 0.6) is 0 Å². The number of alkyl halides is 2. The molecule has 1 saturated carbocycles. The van der Waals surface area contributed by atoms with Gasteiger partial charge < -0.3 is 5.73 Å². The summed E-state index contributed by atoms with van der Waals surface area (Å²) in [6.45, 7) is 3.75. The van der Waals surface area contributed by atoms with Gasteiger partial charge in [0, 0.05) is 30.4 Å². The zero-order valence-corrected chi connectivity index (χ0v) is 10.5. The van der Waals surface area contributed by atoms with E-state index in [0.717, 1.165) is 5.56 Å². The van der Waals surface area contributed by atoms with E-state index in [0.29, 0.717) is 11.3 Å². The van der Waals surface area contributed by atoms with Crippen LogP contribution in [-0.4, -0.2) is 22.7 Å². The molecule has 0 radical (unpaired) electrons. The predicted molar refractivity (Wildman–Crippen MR) is 61.4 cm³/mol. The number of nitrogens with zero attached hydrogens (tertiary/aromatic N) is 2. The Kier molecular flexibility index (Phi) is 2.86. The molecule has 1 aromatic heterocycles. The third-order valence-electron chi connectivity index (χ3n) is 3.53. The van der Waals surface area contributed by atoms with Crippen LogP contribution in [0.4, 0.5) is 8.78 Å². The molecule has 0 aliphatic heterocycles. The lowest BCUT2D eigenvalue weighted by Gasteiger charge is -2.47. The average molecular weight is 262 g/mol. The van der Waals surface area contributed by atoms with Crippen LogP contribution in [0.3, 0.4) is 0 Å². The van der Waals surface area contributed by atoms with Crippen molar-refractivity contribution in [3.05, 3.63) is 22.0 Å². The number of hydrogen-bond donors (Lipinski definition) is 1. The second-order valence-corrected chi connectivity index (χ2v) is 5.13. The molecule has 94 valence electrons. The number of hydrogen-bond acceptors (Lipinski definition) is 3. The number of halogens is 3. The second-order valence-electron chi connectivity index (χ2n) is 4.77. The normalized spacial score (nSPS) is 21.1. The summed E-state index contributed by atoms with van der Waals surface area (Å²) < 4.78 is 26.3. The van der Waals surface area contributed by atoms with Crippen molar-refractivity contribution in [3.8, 4) is 0 Å². The topological polar surface area (TPSA) is 51.8 Å². The van der Waals surface area contributed by atoms with Crippen molar-refractivity contribution in [1.82, 2.24) is 10.2 Å². The van der Waals surface area contributed by atoms with Crippen LogP contribution in [0.1, 0.15) is 29.7 Å². The van der Waals surface area contributed by atoms with E-state index in [2.05, 4.69) is 10.2 Å². The van der Waals surface area contributed by atoms with Crippen LogP contribution < -0.4 is 5.73 Å². The van der Waals surface area contributed by atoms with Gasteiger partial charge in [0.2, 0.25) is 5.92 Å². The number of aryl methyl sites for hydroxylation is 1. The largest absolute Gasteiger partial charge is 0.330 e. The molecule has 0 bridgehead atoms. The van der Waals surface area contributed by atoms with Crippen LogP contribution >= 0.6 is 11.6 Å². The van der Waals surface area contributed by atoms with Crippen LogP contribution in [0, 0.1) is 13.8 Å². The molecule has 0 aromatic carbocycles. The van der Waals surface area contributed by atoms with Gasteiger partial charge in [-0.15, -0.1) is 5.10 Å². The maximum atomic E-state index is 13.1. The van der Waals surface area contributed by atoms with Crippen LogP contribution in [0.2, 0.25) is 5.15 Å². The molecular formula is C11H14ClF2N3. The maximum absolute atomic E-state index is 13.1. The van der Waals surface area contributed by atoms with Crippen molar-refractivity contribution in [1.29, 1.82) is 0 Å². The van der Waals surface area contributed by atoms with E-state index in [1.165, 1.54) is 0 Å². The Labute approximate surface area is 103 Å². The van der Waals surface area contributed by atoms with Gasteiger partial charge in [-0.05, 0) is 19.4 Å². The highest BCUT2D eigenvalue weighted by atomic mass is 35.5. The first kappa shape index (κ1) is 12.6. The fraction of sp³-hybridized carbons (Fsp3) is 0.636. The van der Waals surface area contributed by atoms with Crippen molar-refractivity contribution in [3.63, 3.8) is 0 Å². The van der Waals surface area contributed by atoms with E-state index < -0.39 is 11.3 Å². The summed E-state index contributed by atoms with van der Waals surface area (Å²) in [4.78, 5) is 0. The Morgan fingerprint density at radius 2 is 1.88 bits per heavy atom. The summed E-state index contributed by atoms with van der Waals surface area (Å²) in [6.07, 6.45) is -0.523. The van der Waals surface area contributed by atoms with Gasteiger partial charge in [0.25, 0.3) is 0 Å². The summed E-state index contributed by atoms with van der Waals surface area (Å²) in [5.41, 5.74) is 7.08. The maximum Gasteiger partial charge on any atom is 0.250 e. The Morgan fingerprint density at radius 1 is 1.29 bits per heavy atom. The predicted octanol–water partition coefficient (Wildman–Crippen LogP) is 2.37. The third kappa shape index (κ3) is 1.91. The lowest BCUT2D eigenvalue weighted by Crippen LogP contribution is -2.54. The van der Waals surface area contributed by atoms with Crippen LogP contribution in [0.25, 0.3) is 0 Å². The Bertz CT molecular complexity index is 454. The van der Waals surface area contributed by atoms with E-state index in [4.69, 9.17) is 17.3 Å². The van der Waals surface area contributed by atoms with Gasteiger partial charge in [-0.2, -0.15) is 5.10 Å². The molecule has 1 heterocycles. The molecule has 2 N–H and O–H groups in total. The highest BCUT2D eigenvalue weighted by Crippen LogP contribution is 2.54. The highest BCUT2D eigenvalue weighted by Gasteiger charge is 2.58. The first-order valence-corrected chi connectivity index (χ1v) is 5.77. The van der Waals surface area contributed by atoms with E-state index in [9.17, 15) is 8.78 Å². The zero-order chi connectivity index (χ0) is 12.8. The molecule has 0 spiro atoms. The Balaban J connectivity index is 2.50. The van der Waals surface area contributed by atoms with Gasteiger partial charge in [0.15, 0.2) is 5.15 Å². The molecule has 0 amide bonds. The smallest absolute Gasteiger partial charge is 0.250 e. The minimum Gasteiger partial charge on any atom is -0.330 e. The number of nitrogens with two attached hydrogens (primary N) is 1. The molecule has 1 aliphatic carbocycles. The van der Waals surface area contributed by atoms with Gasteiger partial charge in [0.1, 0.15) is 0 Å². The quantitative estimate of drug-likeness (QED) is 0.889. The zero-order valence-electron chi connectivity index (χ0n) is 9.73. The number of rotatable bonds is 2. The monoisotopic (exact) mass is 261 g/mol. The fourth-order valence-electron chi connectivity index (χ4n) is 2.56. The summed E-state index contributed by atoms with van der Waals surface area (Å²) in [5.74, 6) is -2.65. The Hall–Kier alpha value is -0.810. The van der Waals surface area contributed by atoms with Gasteiger partial charge in [0.05, 0.1) is 5.69 Å². The van der Waals surface area contributed by atoms with Crippen LogP contribution in [0.15, 0.2) is 0 Å². The average Bonchev–Trinajstić information content (AvgIpc) is 2.21. The van der Waals surface area contributed by atoms with Crippen LogP contribution in [-0.2, 0) is 5.41 Å². The molecule has 17 heavy (non-hydrogen) atoms. The SMILES string of the molecule is Cc1nnc(Cl)c(C2(CN)CC(F)(F)C2)c1C. The molecule has 0 unspecified atom stereocenters. The highest BCUT2D eigenvalue weighted by molar-refractivity contribution is 6.30. The van der Waals surface area contributed by atoms with Gasteiger partial charge in [-0.1, -0.05) is 11.6 Å². The lowest BCUT2D eigenvalue weighted by molar-refractivity contribution is -0.124. The van der Waals surface area contributed by atoms with Crippen molar-refractivity contribution < 1.29 is 8.78 Å². The summed E-state index contributed by atoms with van der Waals surface area (Å²) in [6, 6.07) is 0. The molecule has 2 rings (SSSR count). The second kappa shape index (κ2) is 3.85. The molecule has 1 fully saturated rings. The van der Waals surface area contributed by atoms with Gasteiger partial charge in [-0.3, -0.25) is 0 Å². The van der Waals surface area contributed by atoms with Gasteiger partial charge in [-0.25, -0.2) is 8.78 Å². The molecule has 3 nitrogen and oxygen atoms in total. The lowest BCUT2D eigenvalue weighted by atomic mass is 9.61.